The Hall–Kier alpha value is -5.70. The van der Waals surface area contributed by atoms with Gasteiger partial charge in [0.1, 0.15) is 11.4 Å². The van der Waals surface area contributed by atoms with Gasteiger partial charge in [0.2, 0.25) is 11.8 Å². The predicted octanol–water partition coefficient (Wildman–Crippen LogP) is 6.50. The third kappa shape index (κ3) is 9.16. The molecule has 12 nitrogen and oxygen atoms in total. The van der Waals surface area contributed by atoms with Crippen molar-refractivity contribution < 1.29 is 31.5 Å². The SMILES string of the molecule is COc1ncc(F)cc1CCc1ccc(Cc2cn(S(=O)(=O)c3ccccc3)c3ncc(/C(C=NC4CCN(C(=O)OC(C)(C)C)CC4)=C/N)cc23)c(F)n1. The van der Waals surface area contributed by atoms with Crippen LogP contribution < -0.4 is 10.5 Å². The van der Waals surface area contributed by atoms with Crippen LogP contribution in [0.1, 0.15) is 61.6 Å². The summed E-state index contributed by atoms with van der Waals surface area (Å²) in [5.41, 5.74) is 8.50. The zero-order valence-electron chi connectivity index (χ0n) is 31.1. The van der Waals surface area contributed by atoms with Gasteiger partial charge in [-0.15, -0.1) is 0 Å². The van der Waals surface area contributed by atoms with Gasteiger partial charge in [-0.05, 0) is 82.3 Å². The molecule has 0 spiro atoms. The molecule has 0 radical (unpaired) electrons. The Bertz CT molecular complexity index is 2350. The number of nitrogens with zero attached hydrogens (tertiary/aromatic N) is 6. The number of pyridine rings is 3. The molecule has 0 atom stereocenters. The van der Waals surface area contributed by atoms with Crippen molar-refractivity contribution in [3.63, 3.8) is 0 Å². The number of hydrogen-bond acceptors (Lipinski definition) is 10. The van der Waals surface area contributed by atoms with E-state index in [1.165, 1.54) is 43.9 Å². The summed E-state index contributed by atoms with van der Waals surface area (Å²) in [5, 5.41) is 0.476. The first-order chi connectivity index (χ1) is 26.2. The molecule has 6 rings (SSSR count). The molecule has 0 saturated carbocycles. The second kappa shape index (κ2) is 16.3. The lowest BCUT2D eigenvalue weighted by atomic mass is 10.0. The van der Waals surface area contributed by atoms with Crippen LogP contribution in [0, 0.1) is 11.8 Å². The van der Waals surface area contributed by atoms with Gasteiger partial charge < -0.3 is 20.1 Å². The molecule has 1 aliphatic heterocycles. The number of fused-ring (bicyclic) bond motifs is 1. The van der Waals surface area contributed by atoms with E-state index in [9.17, 15) is 17.6 Å². The van der Waals surface area contributed by atoms with Gasteiger partial charge in [0.05, 0.1) is 24.2 Å². The minimum atomic E-state index is -4.08. The van der Waals surface area contributed by atoms with E-state index in [1.54, 1.807) is 47.5 Å². The molecule has 5 aromatic rings. The maximum Gasteiger partial charge on any atom is 0.410 e. The average Bonchev–Trinajstić information content (AvgIpc) is 3.53. The molecule has 15 heteroatoms. The zero-order valence-corrected chi connectivity index (χ0v) is 31.9. The number of methoxy groups -OCH3 is 1. The fraction of sp³-hybridized carbons (Fsp3) is 0.325. The number of piperidine rings is 1. The van der Waals surface area contributed by atoms with Gasteiger partial charge in [0.15, 0.2) is 5.65 Å². The number of carbonyl (C=O) groups is 1. The van der Waals surface area contributed by atoms with E-state index in [0.717, 1.165) is 10.2 Å². The van der Waals surface area contributed by atoms with Crippen molar-refractivity contribution in [1.29, 1.82) is 0 Å². The van der Waals surface area contributed by atoms with Crippen LogP contribution in [-0.2, 0) is 34.0 Å². The van der Waals surface area contributed by atoms with Crippen LogP contribution in [0.3, 0.4) is 0 Å². The van der Waals surface area contributed by atoms with Crippen molar-refractivity contribution in [1.82, 2.24) is 23.8 Å². The van der Waals surface area contributed by atoms with E-state index in [0.29, 0.717) is 72.1 Å². The van der Waals surface area contributed by atoms with Crippen LogP contribution >= 0.6 is 0 Å². The fourth-order valence-electron chi connectivity index (χ4n) is 6.32. The number of benzene rings is 1. The summed E-state index contributed by atoms with van der Waals surface area (Å²) in [7, 11) is -2.64. The number of amides is 1. The van der Waals surface area contributed by atoms with E-state index in [2.05, 4.69) is 15.0 Å². The molecular formula is C40H43F2N7O5S. The van der Waals surface area contributed by atoms with E-state index >= 15 is 4.39 Å². The molecule has 1 fully saturated rings. The molecule has 0 bridgehead atoms. The number of nitrogens with two attached hydrogens (primary N) is 1. The van der Waals surface area contributed by atoms with Crippen LogP contribution in [0.4, 0.5) is 13.6 Å². The van der Waals surface area contributed by atoms with Crippen LogP contribution in [0.2, 0.25) is 0 Å². The summed E-state index contributed by atoms with van der Waals surface area (Å²) in [6.45, 7) is 6.50. The van der Waals surface area contributed by atoms with Gasteiger partial charge >= 0.3 is 6.09 Å². The number of ether oxygens (including phenoxy) is 2. The number of aryl methyl sites for hydroxylation is 2. The molecule has 0 unspecified atom stereocenters. The maximum absolute atomic E-state index is 15.6. The molecule has 4 aromatic heterocycles. The summed E-state index contributed by atoms with van der Waals surface area (Å²) in [4.78, 5) is 31.7. The Morgan fingerprint density at radius 2 is 1.75 bits per heavy atom. The Morgan fingerprint density at radius 1 is 1.00 bits per heavy atom. The van der Waals surface area contributed by atoms with Crippen molar-refractivity contribution in [2.45, 2.75) is 69.4 Å². The van der Waals surface area contributed by atoms with Gasteiger partial charge in [-0.3, -0.25) is 4.99 Å². The highest BCUT2D eigenvalue weighted by Crippen LogP contribution is 2.30. The summed E-state index contributed by atoms with van der Waals surface area (Å²) in [6, 6.07) is 14.3. The third-order valence-corrected chi connectivity index (χ3v) is 10.8. The standard InChI is InChI=1S/C40H43F2N7O5S/c1-40(2,3)54-39(50)48-16-14-32(15-17-48)44-23-30(21-43)28-20-35-29(25-49(37(35)45-22-28)55(51,52)34-8-6-5-7-9-34)18-26-10-12-33(47-36(26)42)13-11-27-19-31(41)24-46-38(27)53-4/h5-10,12,19-25,32H,11,13-18,43H2,1-4H3/b30-21+,44-23?. The van der Waals surface area contributed by atoms with Crippen molar-refractivity contribution in [3.8, 4) is 5.88 Å². The number of halogens is 2. The minimum Gasteiger partial charge on any atom is -0.481 e. The molecule has 5 heterocycles. The van der Waals surface area contributed by atoms with Gasteiger partial charge in [-0.25, -0.2) is 36.5 Å². The smallest absolute Gasteiger partial charge is 0.410 e. The first kappa shape index (κ1) is 39.0. The van der Waals surface area contributed by atoms with Crippen LogP contribution in [0.5, 0.6) is 5.88 Å². The van der Waals surface area contributed by atoms with Crippen LogP contribution in [-0.4, -0.2) is 76.4 Å². The normalized spacial score (nSPS) is 14.5. The van der Waals surface area contributed by atoms with E-state index in [4.69, 9.17) is 20.2 Å². The Balaban J connectivity index is 1.27. The molecule has 1 saturated heterocycles. The highest BCUT2D eigenvalue weighted by atomic mass is 32.2. The Morgan fingerprint density at radius 3 is 2.42 bits per heavy atom. The van der Waals surface area contributed by atoms with Crippen molar-refractivity contribution in [2.75, 3.05) is 20.2 Å². The molecule has 0 aliphatic carbocycles. The molecule has 2 N–H and O–H groups in total. The fourth-order valence-corrected chi connectivity index (χ4v) is 7.69. The molecule has 55 heavy (non-hydrogen) atoms. The quantitative estimate of drug-likeness (QED) is 0.117. The van der Waals surface area contributed by atoms with Gasteiger partial charge in [-0.1, -0.05) is 24.3 Å². The van der Waals surface area contributed by atoms with Gasteiger partial charge in [0.25, 0.3) is 10.0 Å². The molecule has 1 amide bonds. The monoisotopic (exact) mass is 771 g/mol. The number of rotatable bonds is 11. The Kier molecular flexibility index (Phi) is 11.6. The summed E-state index contributed by atoms with van der Waals surface area (Å²) >= 11 is 0. The number of aromatic nitrogens is 4. The van der Waals surface area contributed by atoms with Crippen LogP contribution in [0.25, 0.3) is 16.6 Å². The largest absolute Gasteiger partial charge is 0.481 e. The van der Waals surface area contributed by atoms with Crippen molar-refractivity contribution >= 4 is 38.9 Å². The van der Waals surface area contributed by atoms with E-state index in [-0.39, 0.29) is 40.5 Å². The molecule has 1 aliphatic rings. The highest BCUT2D eigenvalue weighted by Gasteiger charge is 2.27. The van der Waals surface area contributed by atoms with E-state index in [1.807, 2.05) is 20.8 Å². The number of hydrogen-bond donors (Lipinski definition) is 1. The summed E-state index contributed by atoms with van der Waals surface area (Å²) in [6.07, 6.45) is 8.68. The third-order valence-electron chi connectivity index (χ3n) is 9.15. The topological polar surface area (TPSA) is 155 Å². The minimum absolute atomic E-state index is 0.00563. The average molecular weight is 772 g/mol. The van der Waals surface area contributed by atoms with Crippen molar-refractivity contribution in [3.05, 3.63) is 119 Å². The maximum atomic E-state index is 15.6. The molecular weight excluding hydrogens is 729 g/mol. The lowest BCUT2D eigenvalue weighted by Crippen LogP contribution is -2.42. The lowest BCUT2D eigenvalue weighted by molar-refractivity contribution is 0.0207. The second-order valence-electron chi connectivity index (χ2n) is 14.2. The summed E-state index contributed by atoms with van der Waals surface area (Å²) in [5.74, 6) is -0.937. The molecule has 1 aromatic carbocycles. The number of allylic oxidation sites excluding steroid dienone is 1. The number of likely N-dealkylation sites (tertiary alicyclic amines) is 1. The molecule has 288 valence electrons. The Labute approximate surface area is 318 Å². The van der Waals surface area contributed by atoms with E-state index < -0.39 is 27.4 Å². The summed E-state index contributed by atoms with van der Waals surface area (Å²) < 4.78 is 69.1. The van der Waals surface area contributed by atoms with Crippen LogP contribution in [0.15, 0.2) is 89.3 Å². The lowest BCUT2D eigenvalue weighted by Gasteiger charge is -2.32. The van der Waals surface area contributed by atoms with Crippen molar-refractivity contribution in [2.24, 2.45) is 10.7 Å². The zero-order chi connectivity index (χ0) is 39.3. The highest BCUT2D eigenvalue weighted by molar-refractivity contribution is 7.90. The number of carbonyl (C=O) groups excluding carboxylic acids is 1. The number of aliphatic imine (C=N–C) groups is 1. The second-order valence-corrected chi connectivity index (χ2v) is 16.0. The van der Waals surface area contributed by atoms with Gasteiger partial charge in [0, 0.05) is 77.7 Å². The predicted molar refractivity (Wildman–Crippen MR) is 205 cm³/mol. The first-order valence-corrected chi connectivity index (χ1v) is 19.3. The van der Waals surface area contributed by atoms with Gasteiger partial charge in [-0.2, -0.15) is 4.39 Å². The first-order valence-electron chi connectivity index (χ1n) is 17.8.